The van der Waals surface area contributed by atoms with Gasteiger partial charge in [-0.15, -0.1) is 24.0 Å². The molecule has 0 aliphatic carbocycles. The lowest BCUT2D eigenvalue weighted by Crippen LogP contribution is -2.55. The number of guanidine groups is 1. The number of halogens is 1. The Hall–Kier alpha value is -0.0800. The minimum absolute atomic E-state index is 0. The van der Waals surface area contributed by atoms with Crippen LogP contribution >= 0.6 is 24.0 Å². The van der Waals surface area contributed by atoms with Crippen molar-refractivity contribution in [2.24, 2.45) is 10.9 Å². The summed E-state index contributed by atoms with van der Waals surface area (Å²) in [5.74, 6) is 1.54. The van der Waals surface area contributed by atoms with Crippen LogP contribution in [0.2, 0.25) is 0 Å². The smallest absolute Gasteiger partial charge is 0.191 e. The molecule has 2 N–H and O–H groups in total. The average molecular weight is 383 g/mol. The first-order chi connectivity index (χ1) is 8.52. The molecule has 1 aliphatic rings. The van der Waals surface area contributed by atoms with E-state index in [1.807, 2.05) is 7.05 Å². The largest absolute Gasteiger partial charge is 0.356 e. The highest BCUT2D eigenvalue weighted by atomic mass is 127. The number of rotatable bonds is 4. The van der Waals surface area contributed by atoms with E-state index in [1.165, 1.54) is 0 Å². The van der Waals surface area contributed by atoms with Crippen LogP contribution in [0.4, 0.5) is 0 Å². The number of nitrogens with one attached hydrogen (secondary N) is 2. The zero-order valence-corrected chi connectivity index (χ0v) is 15.3. The molecular formula is C13H30IN5. The zero-order valence-electron chi connectivity index (χ0n) is 12.9. The molecule has 0 bridgehead atoms. The van der Waals surface area contributed by atoms with Crippen molar-refractivity contribution < 1.29 is 0 Å². The molecule has 1 unspecified atom stereocenters. The summed E-state index contributed by atoms with van der Waals surface area (Å²) in [7, 11) is 6.21. The van der Waals surface area contributed by atoms with Gasteiger partial charge < -0.3 is 15.5 Å². The van der Waals surface area contributed by atoms with Crippen molar-refractivity contribution in [1.82, 2.24) is 20.4 Å². The van der Waals surface area contributed by atoms with Gasteiger partial charge in [0.05, 0.1) is 0 Å². The summed E-state index contributed by atoms with van der Waals surface area (Å²) >= 11 is 0. The van der Waals surface area contributed by atoms with Crippen LogP contribution in [0, 0.1) is 5.92 Å². The molecule has 0 amide bonds. The van der Waals surface area contributed by atoms with Gasteiger partial charge in [0.2, 0.25) is 0 Å². The van der Waals surface area contributed by atoms with E-state index in [4.69, 9.17) is 0 Å². The number of likely N-dealkylation sites (N-methyl/N-ethyl adjacent to an activating group) is 2. The first-order valence-electron chi connectivity index (χ1n) is 6.86. The van der Waals surface area contributed by atoms with Crippen molar-refractivity contribution >= 4 is 29.9 Å². The number of aliphatic imine (C=N–C) groups is 1. The van der Waals surface area contributed by atoms with Crippen LogP contribution in [0.25, 0.3) is 0 Å². The van der Waals surface area contributed by atoms with Crippen LogP contribution in [0.1, 0.15) is 13.8 Å². The third-order valence-electron chi connectivity index (χ3n) is 3.39. The summed E-state index contributed by atoms with van der Waals surface area (Å²) < 4.78 is 0. The van der Waals surface area contributed by atoms with E-state index in [-0.39, 0.29) is 24.0 Å². The average Bonchev–Trinajstić information content (AvgIpc) is 2.33. The van der Waals surface area contributed by atoms with E-state index >= 15 is 0 Å². The van der Waals surface area contributed by atoms with Gasteiger partial charge in [-0.2, -0.15) is 0 Å². The summed E-state index contributed by atoms with van der Waals surface area (Å²) in [4.78, 5) is 9.06. The molecule has 1 rings (SSSR count). The Morgan fingerprint density at radius 1 is 1.26 bits per heavy atom. The monoisotopic (exact) mass is 383 g/mol. The van der Waals surface area contributed by atoms with E-state index in [0.717, 1.165) is 38.7 Å². The number of piperazine rings is 1. The van der Waals surface area contributed by atoms with Gasteiger partial charge in [0.15, 0.2) is 5.96 Å². The lowest BCUT2D eigenvalue weighted by molar-refractivity contribution is 0.116. The van der Waals surface area contributed by atoms with Crippen molar-refractivity contribution in [3.8, 4) is 0 Å². The van der Waals surface area contributed by atoms with Gasteiger partial charge in [0.25, 0.3) is 0 Å². The Labute approximate surface area is 135 Å². The lowest BCUT2D eigenvalue weighted by Gasteiger charge is -2.37. The van der Waals surface area contributed by atoms with Gasteiger partial charge in [-0.3, -0.25) is 9.89 Å². The van der Waals surface area contributed by atoms with Gasteiger partial charge in [0, 0.05) is 45.8 Å². The highest BCUT2D eigenvalue weighted by molar-refractivity contribution is 14.0. The number of hydrogen-bond donors (Lipinski definition) is 2. The third kappa shape index (κ3) is 7.31. The Kier molecular flexibility index (Phi) is 9.72. The Bertz CT molecular complexity index is 270. The molecule has 0 aromatic heterocycles. The molecular weight excluding hydrogens is 353 g/mol. The second kappa shape index (κ2) is 9.77. The Morgan fingerprint density at radius 3 is 2.53 bits per heavy atom. The molecule has 6 heteroatoms. The van der Waals surface area contributed by atoms with E-state index in [9.17, 15) is 0 Å². The molecule has 0 radical (unpaired) electrons. The molecule has 1 atom stereocenters. The summed E-state index contributed by atoms with van der Waals surface area (Å²) in [5, 5.41) is 6.76. The normalized spacial score (nSPS) is 22.2. The second-order valence-electron chi connectivity index (χ2n) is 5.62. The molecule has 1 fully saturated rings. The summed E-state index contributed by atoms with van der Waals surface area (Å²) in [6.45, 7) is 9.71. The molecule has 1 saturated heterocycles. The van der Waals surface area contributed by atoms with Crippen molar-refractivity contribution in [2.75, 3.05) is 53.9 Å². The van der Waals surface area contributed by atoms with Crippen LogP contribution in [0.5, 0.6) is 0 Å². The van der Waals surface area contributed by atoms with Crippen molar-refractivity contribution in [2.45, 2.75) is 19.9 Å². The molecule has 19 heavy (non-hydrogen) atoms. The Balaban J connectivity index is 0.00000324. The van der Waals surface area contributed by atoms with Gasteiger partial charge in [0.1, 0.15) is 0 Å². The van der Waals surface area contributed by atoms with Crippen LogP contribution in [-0.4, -0.2) is 75.7 Å². The molecule has 1 aliphatic heterocycles. The fourth-order valence-electron chi connectivity index (χ4n) is 2.06. The fraction of sp³-hybridized carbons (Fsp3) is 0.923. The van der Waals surface area contributed by atoms with E-state index in [1.54, 1.807) is 0 Å². The fourth-order valence-corrected chi connectivity index (χ4v) is 2.06. The topological polar surface area (TPSA) is 42.9 Å². The molecule has 0 saturated carbocycles. The number of hydrogen-bond acceptors (Lipinski definition) is 3. The van der Waals surface area contributed by atoms with Crippen molar-refractivity contribution in [3.63, 3.8) is 0 Å². The van der Waals surface area contributed by atoms with E-state index in [2.05, 4.69) is 53.4 Å². The molecule has 0 spiro atoms. The zero-order chi connectivity index (χ0) is 13.5. The molecule has 1 heterocycles. The molecule has 114 valence electrons. The first kappa shape index (κ1) is 18.9. The van der Waals surface area contributed by atoms with Crippen molar-refractivity contribution in [1.29, 1.82) is 0 Å². The van der Waals surface area contributed by atoms with Crippen molar-refractivity contribution in [3.05, 3.63) is 0 Å². The molecule has 5 nitrogen and oxygen atoms in total. The van der Waals surface area contributed by atoms with Gasteiger partial charge in [-0.25, -0.2) is 0 Å². The molecule has 0 aromatic carbocycles. The van der Waals surface area contributed by atoms with E-state index in [0.29, 0.717) is 12.0 Å². The van der Waals surface area contributed by atoms with Gasteiger partial charge >= 0.3 is 0 Å². The van der Waals surface area contributed by atoms with Gasteiger partial charge in [-0.05, 0) is 20.0 Å². The number of nitrogens with zero attached hydrogens (tertiary/aromatic N) is 3. The third-order valence-corrected chi connectivity index (χ3v) is 3.39. The summed E-state index contributed by atoms with van der Waals surface area (Å²) in [6, 6.07) is 0.557. The maximum atomic E-state index is 4.25. The predicted molar refractivity (Wildman–Crippen MR) is 93.5 cm³/mol. The quantitative estimate of drug-likeness (QED) is 0.426. The van der Waals surface area contributed by atoms with Crippen LogP contribution in [-0.2, 0) is 0 Å². The van der Waals surface area contributed by atoms with Crippen LogP contribution < -0.4 is 10.6 Å². The SMILES string of the molecule is CN=C(NCC(C)C)NCC1CN(C)CCN1C.I. The maximum Gasteiger partial charge on any atom is 0.191 e. The van der Waals surface area contributed by atoms with E-state index < -0.39 is 0 Å². The van der Waals surface area contributed by atoms with Crippen LogP contribution in [0.15, 0.2) is 4.99 Å². The summed E-state index contributed by atoms with van der Waals surface area (Å²) in [5.41, 5.74) is 0. The lowest BCUT2D eigenvalue weighted by atomic mass is 10.2. The standard InChI is InChI=1S/C13H29N5.HI/c1-11(2)8-15-13(14-3)16-9-12-10-17(4)6-7-18(12)5;/h11-12H,6-10H2,1-5H3,(H2,14,15,16);1H. The van der Waals surface area contributed by atoms with Gasteiger partial charge in [-0.1, -0.05) is 13.8 Å². The minimum atomic E-state index is 0. The highest BCUT2D eigenvalue weighted by Crippen LogP contribution is 2.04. The molecule has 0 aromatic rings. The van der Waals surface area contributed by atoms with Crippen LogP contribution in [0.3, 0.4) is 0 Å². The summed E-state index contributed by atoms with van der Waals surface area (Å²) in [6.07, 6.45) is 0. The Morgan fingerprint density at radius 2 is 1.95 bits per heavy atom. The maximum absolute atomic E-state index is 4.25. The highest BCUT2D eigenvalue weighted by Gasteiger charge is 2.21. The predicted octanol–water partition coefficient (Wildman–Crippen LogP) is 0.671. The minimum Gasteiger partial charge on any atom is -0.356 e. The second-order valence-corrected chi connectivity index (χ2v) is 5.62. The first-order valence-corrected chi connectivity index (χ1v) is 6.86.